The summed E-state index contributed by atoms with van der Waals surface area (Å²) in [6.45, 7) is 0. The summed E-state index contributed by atoms with van der Waals surface area (Å²) in [6.07, 6.45) is 6.79. The second-order valence-corrected chi connectivity index (χ2v) is 5.46. The van der Waals surface area contributed by atoms with Gasteiger partial charge in [0.15, 0.2) is 0 Å². The van der Waals surface area contributed by atoms with Crippen LogP contribution in [0.25, 0.3) is 0 Å². The first kappa shape index (κ1) is 12.2. The van der Waals surface area contributed by atoms with Crippen LogP contribution in [-0.4, -0.2) is 16.6 Å². The summed E-state index contributed by atoms with van der Waals surface area (Å²) >= 11 is 1.61. The SMILES string of the molecule is NC(=O)c1cc(N)cnc1SCC1CCCC1. The Hall–Kier alpha value is -1.23. The maximum Gasteiger partial charge on any atom is 0.251 e. The molecule has 0 saturated heterocycles. The lowest BCUT2D eigenvalue weighted by Crippen LogP contribution is -2.14. The molecule has 1 aromatic heterocycles. The number of hydrogen-bond acceptors (Lipinski definition) is 4. The molecule has 0 unspecified atom stereocenters. The molecule has 1 aromatic rings. The van der Waals surface area contributed by atoms with Gasteiger partial charge in [-0.05, 0) is 24.8 Å². The largest absolute Gasteiger partial charge is 0.397 e. The molecule has 0 atom stereocenters. The molecule has 0 aliphatic heterocycles. The third kappa shape index (κ3) is 3.12. The molecule has 17 heavy (non-hydrogen) atoms. The van der Waals surface area contributed by atoms with Crippen LogP contribution in [0.3, 0.4) is 0 Å². The van der Waals surface area contributed by atoms with Gasteiger partial charge in [-0.1, -0.05) is 12.8 Å². The number of thioether (sulfide) groups is 1. The zero-order valence-electron chi connectivity index (χ0n) is 9.69. The molecule has 1 aliphatic rings. The topological polar surface area (TPSA) is 82.0 Å². The Morgan fingerprint density at radius 1 is 1.47 bits per heavy atom. The van der Waals surface area contributed by atoms with Gasteiger partial charge in [0.2, 0.25) is 0 Å². The summed E-state index contributed by atoms with van der Waals surface area (Å²) in [5.74, 6) is 1.30. The van der Waals surface area contributed by atoms with Crippen molar-refractivity contribution in [1.29, 1.82) is 0 Å². The number of carbonyl (C=O) groups excluding carboxylic acids is 1. The Kier molecular flexibility index (Phi) is 3.89. The highest BCUT2D eigenvalue weighted by molar-refractivity contribution is 7.99. The lowest BCUT2D eigenvalue weighted by Gasteiger charge is -2.10. The molecule has 1 aliphatic carbocycles. The predicted molar refractivity (Wildman–Crippen MR) is 69.8 cm³/mol. The first-order valence-corrected chi connectivity index (χ1v) is 6.83. The molecule has 1 heterocycles. The van der Waals surface area contributed by atoms with Crippen molar-refractivity contribution < 1.29 is 4.79 Å². The number of nitrogens with zero attached hydrogens (tertiary/aromatic N) is 1. The first-order valence-electron chi connectivity index (χ1n) is 5.85. The minimum absolute atomic E-state index is 0.438. The van der Waals surface area contributed by atoms with Gasteiger partial charge in [-0.15, -0.1) is 11.8 Å². The molecule has 4 nitrogen and oxygen atoms in total. The van der Waals surface area contributed by atoms with Crippen molar-refractivity contribution in [2.75, 3.05) is 11.5 Å². The van der Waals surface area contributed by atoms with Gasteiger partial charge in [0.25, 0.3) is 5.91 Å². The number of nitrogen functional groups attached to an aromatic ring is 1. The van der Waals surface area contributed by atoms with Crippen LogP contribution >= 0.6 is 11.8 Å². The van der Waals surface area contributed by atoms with E-state index in [0.29, 0.717) is 16.3 Å². The van der Waals surface area contributed by atoms with Crippen LogP contribution in [0.4, 0.5) is 5.69 Å². The zero-order valence-corrected chi connectivity index (χ0v) is 10.5. The average Bonchev–Trinajstić information content (AvgIpc) is 2.80. The van der Waals surface area contributed by atoms with Crippen LogP contribution in [0.2, 0.25) is 0 Å². The van der Waals surface area contributed by atoms with Crippen molar-refractivity contribution in [3.63, 3.8) is 0 Å². The number of rotatable bonds is 4. The highest BCUT2D eigenvalue weighted by atomic mass is 32.2. The summed E-state index contributed by atoms with van der Waals surface area (Å²) in [6, 6.07) is 1.60. The van der Waals surface area contributed by atoms with Gasteiger partial charge in [0.1, 0.15) is 5.03 Å². The fourth-order valence-electron chi connectivity index (χ4n) is 2.13. The highest BCUT2D eigenvalue weighted by Crippen LogP contribution is 2.31. The van der Waals surface area contributed by atoms with E-state index in [2.05, 4.69) is 4.98 Å². The molecular formula is C12H17N3OS. The molecule has 92 valence electrons. The summed E-state index contributed by atoms with van der Waals surface area (Å²) in [7, 11) is 0. The van der Waals surface area contributed by atoms with E-state index in [9.17, 15) is 4.79 Å². The molecule has 0 radical (unpaired) electrons. The molecule has 4 N–H and O–H groups in total. The second-order valence-electron chi connectivity index (χ2n) is 4.45. The normalized spacial score (nSPS) is 16.2. The number of amides is 1. The van der Waals surface area contributed by atoms with Crippen molar-refractivity contribution in [3.8, 4) is 0 Å². The van der Waals surface area contributed by atoms with Crippen molar-refractivity contribution in [2.24, 2.45) is 11.7 Å². The molecule has 0 spiro atoms. The van der Waals surface area contributed by atoms with Crippen molar-refractivity contribution in [3.05, 3.63) is 17.8 Å². The number of pyridine rings is 1. The van der Waals surface area contributed by atoms with E-state index in [0.717, 1.165) is 11.7 Å². The van der Waals surface area contributed by atoms with E-state index in [1.165, 1.54) is 25.7 Å². The van der Waals surface area contributed by atoms with Gasteiger partial charge in [-0.2, -0.15) is 0 Å². The maximum absolute atomic E-state index is 11.3. The van der Waals surface area contributed by atoms with Crippen LogP contribution in [0.5, 0.6) is 0 Å². The van der Waals surface area contributed by atoms with E-state index >= 15 is 0 Å². The second kappa shape index (κ2) is 5.40. The van der Waals surface area contributed by atoms with Crippen molar-refractivity contribution in [1.82, 2.24) is 4.98 Å². The maximum atomic E-state index is 11.3. The van der Waals surface area contributed by atoms with E-state index in [1.807, 2.05) is 0 Å². The van der Waals surface area contributed by atoms with Crippen LogP contribution < -0.4 is 11.5 Å². The van der Waals surface area contributed by atoms with Gasteiger partial charge in [-0.3, -0.25) is 4.79 Å². The number of anilines is 1. The monoisotopic (exact) mass is 251 g/mol. The van der Waals surface area contributed by atoms with Crippen LogP contribution in [-0.2, 0) is 0 Å². The van der Waals surface area contributed by atoms with E-state index in [-0.39, 0.29) is 0 Å². The standard InChI is InChI=1S/C12H17N3OS/c13-9-5-10(11(14)16)12(15-6-9)17-7-8-3-1-2-4-8/h5-6,8H,1-4,7,13H2,(H2,14,16). The zero-order chi connectivity index (χ0) is 12.3. The van der Waals surface area contributed by atoms with Crippen molar-refractivity contribution >= 4 is 23.4 Å². The number of primary amides is 1. The number of aromatic nitrogens is 1. The van der Waals surface area contributed by atoms with E-state index < -0.39 is 5.91 Å². The molecule has 2 rings (SSSR count). The van der Waals surface area contributed by atoms with Crippen molar-refractivity contribution in [2.45, 2.75) is 30.7 Å². The predicted octanol–water partition coefficient (Wildman–Crippen LogP) is 2.04. The van der Waals surface area contributed by atoms with E-state index in [1.54, 1.807) is 24.0 Å². The molecule has 1 fully saturated rings. The third-order valence-electron chi connectivity index (χ3n) is 3.07. The summed E-state index contributed by atoms with van der Waals surface area (Å²) in [4.78, 5) is 15.5. The molecule has 1 amide bonds. The fourth-order valence-corrected chi connectivity index (χ4v) is 3.30. The average molecular weight is 251 g/mol. The van der Waals surface area contributed by atoms with Gasteiger partial charge in [0.05, 0.1) is 17.4 Å². The third-order valence-corrected chi connectivity index (χ3v) is 4.31. The Morgan fingerprint density at radius 2 is 2.18 bits per heavy atom. The molecule has 1 saturated carbocycles. The lowest BCUT2D eigenvalue weighted by atomic mass is 10.1. The van der Waals surface area contributed by atoms with Gasteiger partial charge >= 0.3 is 0 Å². The minimum atomic E-state index is -0.460. The molecule has 5 heteroatoms. The quantitative estimate of drug-likeness (QED) is 0.802. The minimum Gasteiger partial charge on any atom is -0.397 e. The molecule has 0 bridgehead atoms. The summed E-state index contributed by atoms with van der Waals surface area (Å²) in [5.41, 5.74) is 11.8. The molecule has 0 aromatic carbocycles. The Labute approximate surface area is 105 Å². The Bertz CT molecular complexity index is 416. The number of nitrogens with two attached hydrogens (primary N) is 2. The fraction of sp³-hybridized carbons (Fsp3) is 0.500. The van der Waals surface area contributed by atoms with Gasteiger partial charge in [0, 0.05) is 5.75 Å². The smallest absolute Gasteiger partial charge is 0.251 e. The van der Waals surface area contributed by atoms with Crippen LogP contribution in [0.15, 0.2) is 17.3 Å². The summed E-state index contributed by atoms with van der Waals surface area (Å²) in [5, 5.41) is 0.707. The molecular weight excluding hydrogens is 234 g/mol. The highest BCUT2D eigenvalue weighted by Gasteiger charge is 2.17. The first-order chi connectivity index (χ1) is 8.16. The van der Waals surface area contributed by atoms with E-state index in [4.69, 9.17) is 11.5 Å². The van der Waals surface area contributed by atoms with Crippen LogP contribution in [0.1, 0.15) is 36.0 Å². The number of hydrogen-bond donors (Lipinski definition) is 2. The summed E-state index contributed by atoms with van der Waals surface area (Å²) < 4.78 is 0. The van der Waals surface area contributed by atoms with Gasteiger partial charge < -0.3 is 11.5 Å². The lowest BCUT2D eigenvalue weighted by molar-refractivity contribution is 0.0997. The Morgan fingerprint density at radius 3 is 2.82 bits per heavy atom. The van der Waals surface area contributed by atoms with Gasteiger partial charge in [-0.25, -0.2) is 4.98 Å². The number of carbonyl (C=O) groups is 1. The Balaban J connectivity index is 2.06. The van der Waals surface area contributed by atoms with Crippen LogP contribution in [0, 0.1) is 5.92 Å².